The number of benzene rings is 2. The maximum Gasteiger partial charge on any atom is 0.416 e. The zero-order valence-electron chi connectivity index (χ0n) is 15.2. The molecule has 0 saturated heterocycles. The van der Waals surface area contributed by atoms with Crippen LogP contribution in [0.3, 0.4) is 0 Å². The molecule has 0 radical (unpaired) electrons. The number of anilines is 1. The third-order valence-electron chi connectivity index (χ3n) is 3.96. The number of rotatable bonds is 5. The molecule has 3 rings (SSSR count). The largest absolute Gasteiger partial charge is 0.495 e. The van der Waals surface area contributed by atoms with Gasteiger partial charge in [0.05, 0.1) is 37.4 Å². The number of carbonyl (C=O) groups is 1. The van der Waals surface area contributed by atoms with Gasteiger partial charge in [-0.05, 0) is 36.4 Å². The van der Waals surface area contributed by atoms with E-state index in [1.54, 1.807) is 18.2 Å². The molecule has 2 aromatic carbocycles. The van der Waals surface area contributed by atoms with E-state index in [0.717, 1.165) is 21.3 Å². The Morgan fingerprint density at radius 3 is 2.48 bits per heavy atom. The number of alkyl halides is 3. The van der Waals surface area contributed by atoms with Crippen molar-refractivity contribution < 1.29 is 27.4 Å². The highest BCUT2D eigenvalue weighted by molar-refractivity contribution is 9.10. The summed E-state index contributed by atoms with van der Waals surface area (Å²) in [5.74, 6) is -0.0734. The van der Waals surface area contributed by atoms with Gasteiger partial charge in [-0.3, -0.25) is 4.79 Å². The summed E-state index contributed by atoms with van der Waals surface area (Å²) in [6.07, 6.45) is -3.16. The molecular formula is C19H15BrF3N3O3. The first-order chi connectivity index (χ1) is 13.7. The van der Waals surface area contributed by atoms with E-state index < -0.39 is 17.6 Å². The molecule has 6 nitrogen and oxygen atoms in total. The van der Waals surface area contributed by atoms with Crippen LogP contribution in [0.15, 0.2) is 53.1 Å². The van der Waals surface area contributed by atoms with E-state index >= 15 is 0 Å². The minimum Gasteiger partial charge on any atom is -0.495 e. The van der Waals surface area contributed by atoms with Gasteiger partial charge in [0.2, 0.25) is 0 Å². The lowest BCUT2D eigenvalue weighted by molar-refractivity contribution is -0.137. The number of nitrogens with one attached hydrogen (secondary N) is 1. The highest BCUT2D eigenvalue weighted by atomic mass is 79.9. The molecule has 0 aliphatic heterocycles. The summed E-state index contributed by atoms with van der Waals surface area (Å²) in [5, 5.41) is 6.77. The van der Waals surface area contributed by atoms with Crippen molar-refractivity contribution in [2.45, 2.75) is 6.18 Å². The lowest BCUT2D eigenvalue weighted by Gasteiger charge is -2.10. The fraction of sp³-hybridized carbons (Fsp3) is 0.158. The van der Waals surface area contributed by atoms with Crippen molar-refractivity contribution in [2.75, 3.05) is 19.5 Å². The molecule has 0 saturated carbocycles. The van der Waals surface area contributed by atoms with Gasteiger partial charge in [-0.2, -0.15) is 18.3 Å². The maximum absolute atomic E-state index is 13.0. The Hall–Kier alpha value is -3.01. The molecule has 0 fully saturated rings. The highest BCUT2D eigenvalue weighted by Gasteiger charge is 2.30. The summed E-state index contributed by atoms with van der Waals surface area (Å²) in [6.45, 7) is 0. The van der Waals surface area contributed by atoms with Crippen molar-refractivity contribution in [2.24, 2.45) is 0 Å². The zero-order chi connectivity index (χ0) is 21.2. The average molecular weight is 470 g/mol. The van der Waals surface area contributed by atoms with Crippen LogP contribution in [0.1, 0.15) is 16.1 Å². The fourth-order valence-electron chi connectivity index (χ4n) is 2.58. The first kappa shape index (κ1) is 20.7. The van der Waals surface area contributed by atoms with Gasteiger partial charge in [0.1, 0.15) is 5.75 Å². The van der Waals surface area contributed by atoms with Crippen LogP contribution < -0.4 is 14.8 Å². The van der Waals surface area contributed by atoms with Crippen molar-refractivity contribution in [3.8, 4) is 17.2 Å². The standard InChI is InChI=1S/C19H15BrF3N3O3/c1-28-15-7-6-12(20)9-14(15)24-18(27)17-16(29-2)10-26(25-17)13-5-3-4-11(8-13)19(21,22)23/h3-10H,1-2H3,(H,24,27). The van der Waals surface area contributed by atoms with Gasteiger partial charge in [-0.1, -0.05) is 22.0 Å². The van der Waals surface area contributed by atoms with Crippen molar-refractivity contribution in [1.82, 2.24) is 9.78 Å². The van der Waals surface area contributed by atoms with E-state index in [4.69, 9.17) is 9.47 Å². The van der Waals surface area contributed by atoms with Crippen LogP contribution in [0.2, 0.25) is 0 Å². The number of halogens is 4. The third kappa shape index (κ3) is 4.53. The van der Waals surface area contributed by atoms with Crippen LogP contribution in [0.25, 0.3) is 5.69 Å². The number of ether oxygens (including phenoxy) is 2. The summed E-state index contributed by atoms with van der Waals surface area (Å²) in [4.78, 5) is 12.7. The van der Waals surface area contributed by atoms with Crippen molar-refractivity contribution in [1.29, 1.82) is 0 Å². The second-order valence-corrected chi connectivity index (χ2v) is 6.75. The molecule has 0 bridgehead atoms. The van der Waals surface area contributed by atoms with Crippen LogP contribution in [0, 0.1) is 0 Å². The Bertz CT molecular complexity index is 1050. The topological polar surface area (TPSA) is 65.4 Å². The first-order valence-electron chi connectivity index (χ1n) is 8.19. The Morgan fingerprint density at radius 1 is 1.10 bits per heavy atom. The zero-order valence-corrected chi connectivity index (χ0v) is 16.8. The Morgan fingerprint density at radius 2 is 1.83 bits per heavy atom. The number of hydrogen-bond acceptors (Lipinski definition) is 4. The van der Waals surface area contributed by atoms with Crippen molar-refractivity contribution >= 4 is 27.5 Å². The molecule has 0 aliphatic carbocycles. The van der Waals surface area contributed by atoms with Crippen LogP contribution >= 0.6 is 15.9 Å². The minimum atomic E-state index is -4.50. The second kappa shape index (κ2) is 8.16. The Balaban J connectivity index is 1.95. The van der Waals surface area contributed by atoms with E-state index in [2.05, 4.69) is 26.3 Å². The predicted octanol–water partition coefficient (Wildman–Crippen LogP) is 4.92. The number of nitrogens with zero attached hydrogens (tertiary/aromatic N) is 2. The molecule has 0 spiro atoms. The van der Waals surface area contributed by atoms with Crippen LogP contribution in [-0.2, 0) is 6.18 Å². The molecule has 0 unspecified atom stereocenters. The maximum atomic E-state index is 13.0. The molecule has 0 aliphatic rings. The predicted molar refractivity (Wildman–Crippen MR) is 104 cm³/mol. The van der Waals surface area contributed by atoms with Gasteiger partial charge in [0.15, 0.2) is 11.4 Å². The van der Waals surface area contributed by atoms with Gasteiger partial charge in [-0.15, -0.1) is 0 Å². The lowest BCUT2D eigenvalue weighted by Crippen LogP contribution is -2.15. The van der Waals surface area contributed by atoms with Gasteiger partial charge >= 0.3 is 6.18 Å². The summed E-state index contributed by atoms with van der Waals surface area (Å²) in [6, 6.07) is 9.66. The Kier molecular flexibility index (Phi) is 5.83. The van der Waals surface area contributed by atoms with Crippen LogP contribution in [0.4, 0.5) is 18.9 Å². The highest BCUT2D eigenvalue weighted by Crippen LogP contribution is 2.32. The molecule has 1 N–H and O–H groups in total. The second-order valence-electron chi connectivity index (χ2n) is 5.84. The molecule has 1 amide bonds. The number of hydrogen-bond donors (Lipinski definition) is 1. The van der Waals surface area contributed by atoms with E-state index in [0.29, 0.717) is 11.4 Å². The average Bonchev–Trinajstić information content (AvgIpc) is 3.12. The summed E-state index contributed by atoms with van der Waals surface area (Å²) >= 11 is 3.31. The Labute approximate surface area is 172 Å². The first-order valence-corrected chi connectivity index (χ1v) is 8.98. The van der Waals surface area contributed by atoms with E-state index in [1.165, 1.54) is 32.5 Å². The number of carbonyl (C=O) groups excluding carboxylic acids is 1. The SMILES string of the molecule is COc1ccc(Br)cc1NC(=O)c1nn(-c2cccc(C(F)(F)F)c2)cc1OC. The lowest BCUT2D eigenvalue weighted by atomic mass is 10.2. The number of amides is 1. The summed E-state index contributed by atoms with van der Waals surface area (Å²) in [7, 11) is 2.80. The van der Waals surface area contributed by atoms with Gasteiger partial charge in [-0.25, -0.2) is 4.68 Å². The molecular weight excluding hydrogens is 455 g/mol. The van der Waals surface area contributed by atoms with Gasteiger partial charge in [0.25, 0.3) is 5.91 Å². The third-order valence-corrected chi connectivity index (χ3v) is 4.46. The molecule has 1 aromatic heterocycles. The molecule has 3 aromatic rings. The monoisotopic (exact) mass is 469 g/mol. The van der Waals surface area contributed by atoms with Gasteiger partial charge in [0, 0.05) is 4.47 Å². The molecule has 29 heavy (non-hydrogen) atoms. The van der Waals surface area contributed by atoms with Crippen LogP contribution in [-0.4, -0.2) is 29.9 Å². The molecule has 0 atom stereocenters. The van der Waals surface area contributed by atoms with Crippen molar-refractivity contribution in [3.63, 3.8) is 0 Å². The summed E-state index contributed by atoms with van der Waals surface area (Å²) in [5.41, 5.74) is -0.388. The van der Waals surface area contributed by atoms with E-state index in [9.17, 15) is 18.0 Å². The van der Waals surface area contributed by atoms with Crippen molar-refractivity contribution in [3.05, 3.63) is 64.4 Å². The summed E-state index contributed by atoms with van der Waals surface area (Å²) < 4.78 is 51.2. The minimum absolute atomic E-state index is 0.0908. The number of methoxy groups -OCH3 is 2. The van der Waals surface area contributed by atoms with E-state index in [-0.39, 0.29) is 17.1 Å². The quantitative estimate of drug-likeness (QED) is 0.575. The molecule has 10 heteroatoms. The molecule has 1 heterocycles. The molecule has 152 valence electrons. The van der Waals surface area contributed by atoms with Gasteiger partial charge < -0.3 is 14.8 Å². The van der Waals surface area contributed by atoms with E-state index in [1.807, 2.05) is 0 Å². The number of aromatic nitrogens is 2. The van der Waals surface area contributed by atoms with Crippen LogP contribution in [0.5, 0.6) is 11.5 Å². The smallest absolute Gasteiger partial charge is 0.416 e. The fourth-order valence-corrected chi connectivity index (χ4v) is 2.94. The normalized spacial score (nSPS) is 11.2.